The lowest BCUT2D eigenvalue weighted by Gasteiger charge is -2.23. The first-order valence-corrected chi connectivity index (χ1v) is 15.5. The molecule has 5 rings (SSSR count). The number of esters is 1. The quantitative estimate of drug-likeness (QED) is 0.0812. The van der Waals surface area contributed by atoms with E-state index in [0.29, 0.717) is 39.2 Å². The number of carbonyl (C=O) groups is 2. The molecule has 1 fully saturated rings. The largest absolute Gasteiger partial charge is 0.481 e. The molecule has 1 saturated heterocycles. The number of ether oxygens (including phenoxy) is 3. The van der Waals surface area contributed by atoms with E-state index in [1.54, 1.807) is 37.7 Å². The molecule has 1 aliphatic heterocycles. The van der Waals surface area contributed by atoms with Gasteiger partial charge in [-0.15, -0.1) is 0 Å². The molecule has 0 unspecified atom stereocenters. The van der Waals surface area contributed by atoms with E-state index in [0.717, 1.165) is 28.8 Å². The summed E-state index contributed by atoms with van der Waals surface area (Å²) in [5.41, 5.74) is 3.69. The van der Waals surface area contributed by atoms with Crippen LogP contribution in [0.1, 0.15) is 51.3 Å². The molecule has 0 saturated carbocycles. The summed E-state index contributed by atoms with van der Waals surface area (Å²) < 4.78 is 70.5. The summed E-state index contributed by atoms with van der Waals surface area (Å²) in [6.45, 7) is 5.24. The number of thioether (sulfide) groups is 1. The van der Waals surface area contributed by atoms with Crippen molar-refractivity contribution in [2.45, 2.75) is 50.8 Å². The minimum Gasteiger partial charge on any atom is -0.481 e. The van der Waals surface area contributed by atoms with Gasteiger partial charge in [-0.3, -0.25) is 4.90 Å². The number of aryl methyl sites for hydroxylation is 2. The lowest BCUT2D eigenvalue weighted by molar-refractivity contribution is -0.137. The number of amides is 1. The summed E-state index contributed by atoms with van der Waals surface area (Å²) in [5.74, 6) is -1.29. The first-order chi connectivity index (χ1) is 22.2. The lowest BCUT2D eigenvalue weighted by Crippen LogP contribution is -2.32. The van der Waals surface area contributed by atoms with Crippen LogP contribution in [0.3, 0.4) is 0 Å². The third-order valence-electron chi connectivity index (χ3n) is 7.89. The Bertz CT molecular complexity index is 1850. The molecule has 0 bridgehead atoms. The molecule has 2 aromatic carbocycles. The molecule has 0 N–H and O–H groups in total. The highest BCUT2D eigenvalue weighted by molar-refractivity contribution is 7.98. The molecular weight excluding hydrogens is 640 g/mol. The van der Waals surface area contributed by atoms with Crippen molar-refractivity contribution in [2.75, 3.05) is 20.5 Å². The van der Waals surface area contributed by atoms with Gasteiger partial charge < -0.3 is 14.2 Å². The van der Waals surface area contributed by atoms with Crippen LogP contribution in [-0.2, 0) is 22.2 Å². The van der Waals surface area contributed by atoms with Gasteiger partial charge in [0.25, 0.3) is 0 Å². The molecule has 0 spiro atoms. The van der Waals surface area contributed by atoms with Gasteiger partial charge in [0.1, 0.15) is 11.9 Å². The average Bonchev–Trinajstić information content (AvgIpc) is 3.31. The van der Waals surface area contributed by atoms with Crippen molar-refractivity contribution in [3.8, 4) is 28.1 Å². The van der Waals surface area contributed by atoms with Crippen molar-refractivity contribution in [3.05, 3.63) is 88.1 Å². The molecule has 1 aliphatic rings. The van der Waals surface area contributed by atoms with Crippen LogP contribution in [0.15, 0.2) is 53.9 Å². The van der Waals surface area contributed by atoms with Gasteiger partial charge in [0, 0.05) is 29.1 Å². The van der Waals surface area contributed by atoms with Crippen LogP contribution in [0.25, 0.3) is 22.3 Å². The van der Waals surface area contributed by atoms with Gasteiger partial charge in [0.05, 0.1) is 43.6 Å². The molecule has 9 nitrogen and oxygen atoms in total. The number of hydrogen-bond acceptors (Lipinski definition) is 9. The van der Waals surface area contributed by atoms with Gasteiger partial charge in [-0.05, 0) is 85.7 Å². The van der Waals surface area contributed by atoms with E-state index in [1.165, 1.54) is 30.9 Å². The fraction of sp³-hybridized carbons (Fsp3) is 0.303. The van der Waals surface area contributed by atoms with Crippen LogP contribution in [0, 0.1) is 19.7 Å². The van der Waals surface area contributed by atoms with Crippen LogP contribution in [-0.4, -0.2) is 58.4 Å². The predicted octanol–water partition coefficient (Wildman–Crippen LogP) is 7.58. The number of halogens is 4. The Balaban J connectivity index is 1.55. The third kappa shape index (κ3) is 6.73. The molecule has 3 heterocycles. The Morgan fingerprint density at radius 2 is 1.72 bits per heavy atom. The summed E-state index contributed by atoms with van der Waals surface area (Å²) in [5, 5.41) is 0.411. The van der Waals surface area contributed by atoms with Crippen LogP contribution in [0.2, 0.25) is 0 Å². The summed E-state index contributed by atoms with van der Waals surface area (Å²) in [4.78, 5) is 40.3. The molecule has 47 heavy (non-hydrogen) atoms. The molecule has 246 valence electrons. The van der Waals surface area contributed by atoms with Crippen LogP contribution >= 0.6 is 11.8 Å². The minimum atomic E-state index is -4.78. The number of rotatable bonds is 8. The van der Waals surface area contributed by atoms with Crippen LogP contribution in [0.5, 0.6) is 5.88 Å². The normalized spacial score (nSPS) is 16.3. The van der Waals surface area contributed by atoms with Crippen LogP contribution in [0.4, 0.5) is 22.4 Å². The molecule has 0 radical (unpaired) electrons. The van der Waals surface area contributed by atoms with Gasteiger partial charge >= 0.3 is 18.2 Å². The Labute approximate surface area is 272 Å². The maximum atomic E-state index is 14.2. The number of carbonyl (C=O) groups excluding carboxylic acids is 2. The summed E-state index contributed by atoms with van der Waals surface area (Å²) in [6.07, 6.45) is -1.73. The number of alkyl halides is 3. The SMILES string of the molecule is COC(=O)c1cc(C)c(-c2cnc(OC)c(-c3cnc(SC)nc3CN3C(=O)O[C@H](c4cc(F)cc(C(F)(F)F)c4)[C@@H]3C)c2)c(C)c1. The smallest absolute Gasteiger partial charge is 0.416 e. The summed E-state index contributed by atoms with van der Waals surface area (Å²) >= 11 is 1.28. The van der Waals surface area contributed by atoms with Crippen LogP contribution < -0.4 is 4.74 Å². The number of hydrogen-bond donors (Lipinski definition) is 0. The van der Waals surface area contributed by atoms with Gasteiger partial charge in [-0.25, -0.2) is 28.9 Å². The highest BCUT2D eigenvalue weighted by Gasteiger charge is 2.42. The predicted molar refractivity (Wildman–Crippen MR) is 165 cm³/mol. The van der Waals surface area contributed by atoms with Crippen molar-refractivity contribution < 1.29 is 41.4 Å². The monoisotopic (exact) mass is 670 g/mol. The van der Waals surface area contributed by atoms with E-state index in [4.69, 9.17) is 14.2 Å². The average molecular weight is 671 g/mol. The summed E-state index contributed by atoms with van der Waals surface area (Å²) in [7, 11) is 2.78. The van der Waals surface area contributed by atoms with Crippen molar-refractivity contribution in [1.29, 1.82) is 0 Å². The Morgan fingerprint density at radius 1 is 1.02 bits per heavy atom. The second-order valence-corrected chi connectivity index (χ2v) is 11.7. The molecule has 4 aromatic rings. The van der Waals surface area contributed by atoms with E-state index in [2.05, 4.69) is 15.0 Å². The maximum Gasteiger partial charge on any atom is 0.416 e. The Kier molecular flexibility index (Phi) is 9.43. The number of pyridine rings is 1. The molecule has 2 atom stereocenters. The van der Waals surface area contributed by atoms with E-state index < -0.39 is 41.8 Å². The number of nitrogens with zero attached hydrogens (tertiary/aromatic N) is 4. The Morgan fingerprint density at radius 3 is 2.34 bits per heavy atom. The van der Waals surface area contributed by atoms with Gasteiger partial charge in [-0.2, -0.15) is 13.2 Å². The zero-order valence-corrected chi connectivity index (χ0v) is 27.0. The van der Waals surface area contributed by atoms with E-state index in [-0.39, 0.29) is 18.0 Å². The number of cyclic esters (lactones) is 1. The number of methoxy groups -OCH3 is 2. The zero-order valence-electron chi connectivity index (χ0n) is 26.2. The fourth-order valence-corrected chi connectivity index (χ4v) is 6.06. The number of benzene rings is 2. The lowest BCUT2D eigenvalue weighted by atomic mass is 9.92. The standard InChI is InChI=1S/C33H30F4N4O5S/c1-16-7-20(30(42)45-5)8-17(2)27(16)21-11-24(29(44-4)38-13-21)25-14-39-31(47-6)40-26(25)15-41-18(3)28(46-32(41)43)19-9-22(33(35,36)37)12-23(34)10-19/h7-14,18,28H,15H2,1-6H3/t18-,28-/m0/s1. The van der Waals surface area contributed by atoms with Crippen molar-refractivity contribution in [3.63, 3.8) is 0 Å². The topological polar surface area (TPSA) is 104 Å². The molecular formula is C33H30F4N4O5S. The molecule has 1 amide bonds. The van der Waals surface area contributed by atoms with Gasteiger partial charge in [0.2, 0.25) is 5.88 Å². The summed E-state index contributed by atoms with van der Waals surface area (Å²) in [6, 6.07) is 6.63. The second-order valence-electron chi connectivity index (χ2n) is 10.9. The van der Waals surface area contributed by atoms with Gasteiger partial charge in [0.15, 0.2) is 5.16 Å². The van der Waals surface area contributed by atoms with Gasteiger partial charge in [-0.1, -0.05) is 11.8 Å². The molecule has 14 heteroatoms. The minimum absolute atomic E-state index is 0.109. The highest BCUT2D eigenvalue weighted by atomic mass is 32.2. The van der Waals surface area contributed by atoms with E-state index >= 15 is 0 Å². The van der Waals surface area contributed by atoms with E-state index in [9.17, 15) is 27.2 Å². The first kappa shape index (κ1) is 33.6. The Hall–Kier alpha value is -4.72. The number of aromatic nitrogens is 3. The van der Waals surface area contributed by atoms with E-state index in [1.807, 2.05) is 19.9 Å². The first-order valence-electron chi connectivity index (χ1n) is 14.2. The maximum absolute atomic E-state index is 14.2. The second kappa shape index (κ2) is 13.2. The zero-order chi connectivity index (χ0) is 34.2. The molecule has 2 aromatic heterocycles. The molecule has 0 aliphatic carbocycles. The third-order valence-corrected chi connectivity index (χ3v) is 8.46. The fourth-order valence-electron chi connectivity index (χ4n) is 5.70. The van der Waals surface area contributed by atoms with Crippen molar-refractivity contribution in [1.82, 2.24) is 19.9 Å². The van der Waals surface area contributed by atoms with Crippen molar-refractivity contribution in [2.24, 2.45) is 0 Å². The van der Waals surface area contributed by atoms with Crippen molar-refractivity contribution >= 4 is 23.8 Å². The highest BCUT2D eigenvalue weighted by Crippen LogP contribution is 2.40.